The lowest BCUT2D eigenvalue weighted by Gasteiger charge is -2.22. The molecule has 1 atom stereocenters. The summed E-state index contributed by atoms with van der Waals surface area (Å²) in [6.45, 7) is 2.74. The third kappa shape index (κ3) is 5.69. The van der Waals surface area contributed by atoms with Crippen molar-refractivity contribution >= 4 is 23.5 Å². The first kappa shape index (κ1) is 24.0. The molecular formula is C26H31N5O2S. The molecule has 0 aliphatic carbocycles. The van der Waals surface area contributed by atoms with Gasteiger partial charge in [-0.15, -0.1) is 0 Å². The maximum absolute atomic E-state index is 13.2. The van der Waals surface area contributed by atoms with Crippen LogP contribution >= 0.6 is 11.8 Å². The molecule has 8 heteroatoms. The van der Waals surface area contributed by atoms with E-state index in [4.69, 9.17) is 4.74 Å². The van der Waals surface area contributed by atoms with Gasteiger partial charge in [-0.1, -0.05) is 54.2 Å². The second kappa shape index (κ2) is 11.4. The molecule has 178 valence electrons. The summed E-state index contributed by atoms with van der Waals surface area (Å²) < 4.78 is 6.33. The number of thioether (sulfide) groups is 1. The number of nitrogens with one attached hydrogen (secondary N) is 1. The summed E-state index contributed by atoms with van der Waals surface area (Å²) in [7, 11) is 3.92. The van der Waals surface area contributed by atoms with E-state index in [1.807, 2.05) is 72.6 Å². The van der Waals surface area contributed by atoms with Gasteiger partial charge in [-0.05, 0) is 43.1 Å². The van der Waals surface area contributed by atoms with Gasteiger partial charge in [0.05, 0.1) is 0 Å². The van der Waals surface area contributed by atoms with Crippen molar-refractivity contribution in [3.05, 3.63) is 77.5 Å². The minimum Gasteiger partial charge on any atom is -0.486 e. The number of carbonyl (C=O) groups is 1. The van der Waals surface area contributed by atoms with E-state index in [1.54, 1.807) is 6.20 Å². The van der Waals surface area contributed by atoms with Crippen LogP contribution in [0, 0.1) is 0 Å². The van der Waals surface area contributed by atoms with Crippen LogP contribution in [-0.2, 0) is 6.54 Å². The second-order valence-electron chi connectivity index (χ2n) is 8.30. The Kier molecular flexibility index (Phi) is 8.03. The molecule has 1 unspecified atom stereocenters. The summed E-state index contributed by atoms with van der Waals surface area (Å²) in [6.07, 6.45) is 4.43. The monoisotopic (exact) mass is 477 g/mol. The third-order valence-corrected chi connectivity index (χ3v) is 6.48. The molecule has 4 rings (SSSR count). The van der Waals surface area contributed by atoms with Crippen LogP contribution in [0.1, 0.15) is 34.0 Å². The fourth-order valence-corrected chi connectivity index (χ4v) is 4.33. The topological polar surface area (TPSA) is 70.6 Å². The summed E-state index contributed by atoms with van der Waals surface area (Å²) in [5, 5.41) is 3.88. The lowest BCUT2D eigenvalue weighted by atomic mass is 10.1. The summed E-state index contributed by atoms with van der Waals surface area (Å²) in [4.78, 5) is 26.0. The quantitative estimate of drug-likeness (QED) is 0.369. The molecule has 0 bridgehead atoms. The first-order valence-electron chi connectivity index (χ1n) is 11.5. The van der Waals surface area contributed by atoms with E-state index in [0.29, 0.717) is 29.6 Å². The van der Waals surface area contributed by atoms with E-state index in [9.17, 15) is 4.79 Å². The number of rotatable bonds is 9. The Bertz CT molecular complexity index is 1090. The highest BCUT2D eigenvalue weighted by molar-refractivity contribution is 7.98. The highest BCUT2D eigenvalue weighted by Crippen LogP contribution is 2.27. The smallest absolute Gasteiger partial charge is 0.259 e. The zero-order valence-electron chi connectivity index (χ0n) is 19.9. The van der Waals surface area contributed by atoms with Crippen LogP contribution in [0.3, 0.4) is 0 Å². The molecule has 1 aromatic heterocycles. The fourth-order valence-electron chi connectivity index (χ4n) is 3.99. The van der Waals surface area contributed by atoms with Crippen LogP contribution in [0.5, 0.6) is 5.75 Å². The summed E-state index contributed by atoms with van der Waals surface area (Å²) in [5.41, 5.74) is 2.76. The Balaban J connectivity index is 1.46. The predicted molar refractivity (Wildman–Crippen MR) is 137 cm³/mol. The Morgan fingerprint density at radius 2 is 1.88 bits per heavy atom. The number of amides is 1. The average molecular weight is 478 g/mol. The van der Waals surface area contributed by atoms with Gasteiger partial charge < -0.3 is 19.9 Å². The van der Waals surface area contributed by atoms with Crippen molar-refractivity contribution in [1.29, 1.82) is 0 Å². The first-order valence-corrected chi connectivity index (χ1v) is 12.7. The SMILES string of the molecule is CNCCC(Oc1ccc(CN2CCN(C)c3nc(SC)ncc3C2=O)cc1)c1ccccc1. The van der Waals surface area contributed by atoms with Crippen molar-refractivity contribution in [3.8, 4) is 5.75 Å². The lowest BCUT2D eigenvalue weighted by Crippen LogP contribution is -2.33. The molecule has 1 amide bonds. The normalized spacial score (nSPS) is 14.5. The van der Waals surface area contributed by atoms with Crippen molar-refractivity contribution < 1.29 is 9.53 Å². The number of carbonyl (C=O) groups excluding carboxylic acids is 1. The highest BCUT2D eigenvalue weighted by atomic mass is 32.2. The summed E-state index contributed by atoms with van der Waals surface area (Å²) >= 11 is 1.47. The first-order chi connectivity index (χ1) is 16.6. The Hall–Kier alpha value is -3.10. The highest BCUT2D eigenvalue weighted by Gasteiger charge is 2.27. The van der Waals surface area contributed by atoms with E-state index >= 15 is 0 Å². The summed E-state index contributed by atoms with van der Waals surface area (Å²) in [6, 6.07) is 18.3. The van der Waals surface area contributed by atoms with Crippen LogP contribution < -0.4 is 15.0 Å². The minimum absolute atomic E-state index is 0.0232. The molecule has 2 heterocycles. The molecular weight excluding hydrogens is 446 g/mol. The molecule has 0 saturated carbocycles. The largest absolute Gasteiger partial charge is 0.486 e. The number of hydrogen-bond donors (Lipinski definition) is 1. The molecule has 1 aliphatic heterocycles. The molecule has 0 radical (unpaired) electrons. The Labute approximate surface area is 205 Å². The minimum atomic E-state index is -0.0384. The van der Waals surface area contributed by atoms with E-state index in [1.165, 1.54) is 11.8 Å². The van der Waals surface area contributed by atoms with E-state index < -0.39 is 0 Å². The maximum atomic E-state index is 13.2. The molecule has 34 heavy (non-hydrogen) atoms. The number of nitrogens with zero attached hydrogens (tertiary/aromatic N) is 4. The predicted octanol–water partition coefficient (Wildman–Crippen LogP) is 4.02. The van der Waals surface area contributed by atoms with Crippen molar-refractivity contribution in [2.45, 2.75) is 24.2 Å². The third-order valence-electron chi connectivity index (χ3n) is 5.92. The molecule has 0 saturated heterocycles. The van der Waals surface area contributed by atoms with Crippen molar-refractivity contribution in [3.63, 3.8) is 0 Å². The van der Waals surface area contributed by atoms with Gasteiger partial charge in [0, 0.05) is 39.3 Å². The molecule has 2 aromatic carbocycles. The Morgan fingerprint density at radius 3 is 2.59 bits per heavy atom. The maximum Gasteiger partial charge on any atom is 0.259 e. The van der Waals surface area contributed by atoms with Gasteiger partial charge in [-0.3, -0.25) is 4.79 Å². The van der Waals surface area contributed by atoms with Crippen molar-refractivity contribution in [1.82, 2.24) is 20.2 Å². The summed E-state index contributed by atoms with van der Waals surface area (Å²) in [5.74, 6) is 1.48. The molecule has 3 aromatic rings. The number of hydrogen-bond acceptors (Lipinski definition) is 7. The fraction of sp³-hybridized carbons (Fsp3) is 0.346. The van der Waals surface area contributed by atoms with E-state index in [0.717, 1.165) is 36.4 Å². The number of fused-ring (bicyclic) bond motifs is 1. The van der Waals surface area contributed by atoms with Gasteiger partial charge in [-0.2, -0.15) is 0 Å². The number of ether oxygens (including phenoxy) is 1. The molecule has 7 nitrogen and oxygen atoms in total. The molecule has 1 N–H and O–H groups in total. The van der Waals surface area contributed by atoms with Crippen LogP contribution in [0.15, 0.2) is 66.0 Å². The number of anilines is 1. The van der Waals surface area contributed by atoms with Gasteiger partial charge in [0.25, 0.3) is 5.91 Å². The van der Waals surface area contributed by atoms with E-state index in [-0.39, 0.29) is 12.0 Å². The van der Waals surface area contributed by atoms with Crippen LogP contribution in [0.25, 0.3) is 0 Å². The van der Waals surface area contributed by atoms with Gasteiger partial charge in [-0.25, -0.2) is 9.97 Å². The molecule has 0 fully saturated rings. The number of likely N-dealkylation sites (N-methyl/N-ethyl adjacent to an activating group) is 1. The number of aromatic nitrogens is 2. The molecule has 1 aliphatic rings. The average Bonchev–Trinajstić information content (AvgIpc) is 2.99. The van der Waals surface area contributed by atoms with Gasteiger partial charge in [0.2, 0.25) is 0 Å². The lowest BCUT2D eigenvalue weighted by molar-refractivity contribution is 0.0754. The van der Waals surface area contributed by atoms with Crippen molar-refractivity contribution in [2.75, 3.05) is 44.9 Å². The second-order valence-corrected chi connectivity index (χ2v) is 9.07. The van der Waals surface area contributed by atoms with Crippen LogP contribution in [0.4, 0.5) is 5.82 Å². The standard InChI is InChI=1S/C26H31N5O2S/c1-27-14-13-23(20-7-5-4-6-8-20)33-21-11-9-19(10-12-21)18-31-16-15-30(2)24-22(25(31)32)17-28-26(29-24)34-3/h4-12,17,23,27H,13-16,18H2,1-3H3. The van der Waals surface area contributed by atoms with E-state index in [2.05, 4.69) is 27.4 Å². The zero-order chi connectivity index (χ0) is 23.9. The van der Waals surface area contributed by atoms with Crippen LogP contribution in [-0.4, -0.2) is 60.8 Å². The van der Waals surface area contributed by atoms with Crippen molar-refractivity contribution in [2.24, 2.45) is 0 Å². The van der Waals surface area contributed by atoms with Gasteiger partial charge in [0.15, 0.2) is 5.16 Å². The van der Waals surface area contributed by atoms with Gasteiger partial charge in [0.1, 0.15) is 23.2 Å². The van der Waals surface area contributed by atoms with Gasteiger partial charge >= 0.3 is 0 Å². The number of benzene rings is 2. The Morgan fingerprint density at radius 1 is 1.12 bits per heavy atom. The van der Waals surface area contributed by atoms with Crippen LogP contribution in [0.2, 0.25) is 0 Å². The molecule has 0 spiro atoms. The zero-order valence-corrected chi connectivity index (χ0v) is 20.7.